The van der Waals surface area contributed by atoms with Crippen LogP contribution in [-0.2, 0) is 23.1 Å². The van der Waals surface area contributed by atoms with Gasteiger partial charge < -0.3 is 15.2 Å². The van der Waals surface area contributed by atoms with Gasteiger partial charge in [0.05, 0.1) is 22.5 Å². The van der Waals surface area contributed by atoms with Crippen molar-refractivity contribution >= 4 is 32.7 Å². The number of rotatable bonds is 10. The van der Waals surface area contributed by atoms with Gasteiger partial charge in [0.25, 0.3) is 5.91 Å². The van der Waals surface area contributed by atoms with Crippen LogP contribution >= 0.6 is 0 Å². The van der Waals surface area contributed by atoms with E-state index in [1.54, 1.807) is 12.1 Å². The van der Waals surface area contributed by atoms with Gasteiger partial charge in [0.2, 0.25) is 10.0 Å². The van der Waals surface area contributed by atoms with Gasteiger partial charge in [0.15, 0.2) is 0 Å². The van der Waals surface area contributed by atoms with E-state index in [4.69, 9.17) is 4.98 Å². The number of imidazole rings is 1. The number of nitrogens with zero attached hydrogens (tertiary/aromatic N) is 3. The Kier molecular flexibility index (Phi) is 7.99. The molecule has 0 aliphatic rings. The summed E-state index contributed by atoms with van der Waals surface area (Å²) in [5, 5.41) is 6.37. The second-order valence-corrected chi connectivity index (χ2v) is 11.3. The SMILES string of the molecule is CCCn1c(CNc2ccc(C(=O)NCC(C)C)cc2C)nc2cc(S(=O)(=O)N(C)C)ccc21. The minimum atomic E-state index is -3.53. The first-order valence-corrected chi connectivity index (χ1v) is 13.0. The van der Waals surface area contributed by atoms with Gasteiger partial charge in [-0.2, -0.15) is 0 Å². The number of hydrogen-bond acceptors (Lipinski definition) is 5. The fraction of sp³-hybridized carbons (Fsp3) is 0.440. The first kappa shape index (κ1) is 25.7. The molecule has 3 rings (SSSR count). The van der Waals surface area contributed by atoms with Crippen LogP contribution in [0.1, 0.15) is 48.9 Å². The summed E-state index contributed by atoms with van der Waals surface area (Å²) in [5.74, 6) is 1.15. The van der Waals surface area contributed by atoms with Gasteiger partial charge in [0, 0.05) is 38.4 Å². The van der Waals surface area contributed by atoms with Crippen molar-refractivity contribution < 1.29 is 13.2 Å². The molecule has 1 amide bonds. The lowest BCUT2D eigenvalue weighted by molar-refractivity contribution is 0.0949. The monoisotopic (exact) mass is 485 g/mol. The molecule has 0 aliphatic carbocycles. The number of benzene rings is 2. The van der Waals surface area contributed by atoms with Crippen LogP contribution in [0, 0.1) is 12.8 Å². The molecule has 3 aromatic rings. The minimum Gasteiger partial charge on any atom is -0.378 e. The highest BCUT2D eigenvalue weighted by molar-refractivity contribution is 7.89. The molecular weight excluding hydrogens is 450 g/mol. The highest BCUT2D eigenvalue weighted by Gasteiger charge is 2.20. The fourth-order valence-electron chi connectivity index (χ4n) is 3.72. The van der Waals surface area contributed by atoms with Gasteiger partial charge in [-0.05, 0) is 61.2 Å². The predicted molar refractivity (Wildman–Crippen MR) is 137 cm³/mol. The Morgan fingerprint density at radius 3 is 2.50 bits per heavy atom. The zero-order valence-electron chi connectivity index (χ0n) is 20.8. The topological polar surface area (TPSA) is 96.3 Å². The number of aryl methyl sites for hydroxylation is 2. The summed E-state index contributed by atoms with van der Waals surface area (Å²) in [6.45, 7) is 10.1. The Bertz CT molecular complexity index is 1280. The third kappa shape index (κ3) is 5.59. The summed E-state index contributed by atoms with van der Waals surface area (Å²) in [6, 6.07) is 10.7. The highest BCUT2D eigenvalue weighted by Crippen LogP contribution is 2.24. The number of anilines is 1. The van der Waals surface area contributed by atoms with Crippen LogP contribution in [-0.4, -0.2) is 48.8 Å². The maximum absolute atomic E-state index is 12.5. The second kappa shape index (κ2) is 10.6. The Labute approximate surface area is 202 Å². The first-order valence-electron chi connectivity index (χ1n) is 11.6. The number of aromatic nitrogens is 2. The van der Waals surface area contributed by atoms with E-state index < -0.39 is 10.0 Å². The Morgan fingerprint density at radius 1 is 1.15 bits per heavy atom. The van der Waals surface area contributed by atoms with E-state index in [-0.39, 0.29) is 10.8 Å². The van der Waals surface area contributed by atoms with Gasteiger partial charge in [-0.3, -0.25) is 4.79 Å². The van der Waals surface area contributed by atoms with E-state index in [1.165, 1.54) is 18.4 Å². The number of nitrogens with one attached hydrogen (secondary N) is 2. The van der Waals surface area contributed by atoms with E-state index in [2.05, 4.69) is 36.0 Å². The molecule has 9 heteroatoms. The average Bonchev–Trinajstić information content (AvgIpc) is 3.13. The summed E-state index contributed by atoms with van der Waals surface area (Å²) < 4.78 is 28.4. The molecule has 0 bridgehead atoms. The molecule has 2 N–H and O–H groups in total. The average molecular weight is 486 g/mol. The van der Waals surface area contributed by atoms with Crippen LogP contribution < -0.4 is 10.6 Å². The number of amides is 1. The summed E-state index contributed by atoms with van der Waals surface area (Å²) in [6.07, 6.45) is 0.926. The van der Waals surface area contributed by atoms with Gasteiger partial charge in [-0.25, -0.2) is 17.7 Å². The maximum atomic E-state index is 12.5. The predicted octanol–water partition coefficient (Wildman–Crippen LogP) is 4.00. The normalized spacial score (nSPS) is 12.0. The van der Waals surface area contributed by atoms with Crippen molar-refractivity contribution in [3.05, 3.63) is 53.3 Å². The van der Waals surface area contributed by atoms with Crippen molar-refractivity contribution in [2.75, 3.05) is 26.0 Å². The van der Waals surface area contributed by atoms with Crippen molar-refractivity contribution in [2.24, 2.45) is 5.92 Å². The fourth-order valence-corrected chi connectivity index (χ4v) is 4.64. The molecule has 0 unspecified atom stereocenters. The summed E-state index contributed by atoms with van der Waals surface area (Å²) in [7, 11) is -0.490. The molecule has 184 valence electrons. The van der Waals surface area contributed by atoms with Gasteiger partial charge in [0.1, 0.15) is 5.82 Å². The molecule has 0 aliphatic heterocycles. The standard InChI is InChI=1S/C25H35N5O3S/c1-7-12-30-23-11-9-20(34(32,33)29(5)6)14-22(23)28-24(30)16-26-21-10-8-19(13-18(21)4)25(31)27-15-17(2)3/h8-11,13-14,17,26H,7,12,15-16H2,1-6H3,(H,27,31). The molecule has 0 radical (unpaired) electrons. The van der Waals surface area contributed by atoms with Crippen molar-refractivity contribution in [3.8, 4) is 0 Å². The lowest BCUT2D eigenvalue weighted by atomic mass is 10.1. The Hall–Kier alpha value is -2.91. The summed E-state index contributed by atoms with van der Waals surface area (Å²) >= 11 is 0. The van der Waals surface area contributed by atoms with Crippen LogP contribution in [0.25, 0.3) is 11.0 Å². The lowest BCUT2D eigenvalue weighted by Crippen LogP contribution is -2.27. The van der Waals surface area contributed by atoms with Crippen LogP contribution in [0.2, 0.25) is 0 Å². The van der Waals surface area contributed by atoms with Gasteiger partial charge in [-0.1, -0.05) is 20.8 Å². The van der Waals surface area contributed by atoms with Gasteiger partial charge >= 0.3 is 0 Å². The number of sulfonamides is 1. The molecule has 1 heterocycles. The number of fused-ring (bicyclic) bond motifs is 1. The van der Waals surface area contributed by atoms with E-state index >= 15 is 0 Å². The highest BCUT2D eigenvalue weighted by atomic mass is 32.2. The lowest BCUT2D eigenvalue weighted by Gasteiger charge is -2.13. The van der Waals surface area contributed by atoms with Crippen LogP contribution in [0.3, 0.4) is 0 Å². The molecule has 0 atom stereocenters. The molecule has 0 saturated heterocycles. The Morgan fingerprint density at radius 2 is 1.88 bits per heavy atom. The maximum Gasteiger partial charge on any atom is 0.251 e. The smallest absolute Gasteiger partial charge is 0.251 e. The molecule has 0 spiro atoms. The van der Waals surface area contributed by atoms with Crippen molar-refractivity contribution in [3.63, 3.8) is 0 Å². The number of hydrogen-bond donors (Lipinski definition) is 2. The summed E-state index contributed by atoms with van der Waals surface area (Å²) in [4.78, 5) is 17.3. The molecule has 0 saturated carbocycles. The largest absolute Gasteiger partial charge is 0.378 e. The quantitative estimate of drug-likeness (QED) is 0.452. The number of carbonyl (C=O) groups excluding carboxylic acids is 1. The van der Waals surface area contributed by atoms with Crippen LogP contribution in [0.4, 0.5) is 5.69 Å². The van der Waals surface area contributed by atoms with E-state index in [0.29, 0.717) is 30.1 Å². The zero-order valence-corrected chi connectivity index (χ0v) is 21.7. The Balaban J connectivity index is 1.84. The third-order valence-electron chi connectivity index (χ3n) is 5.62. The van der Waals surface area contributed by atoms with Gasteiger partial charge in [-0.15, -0.1) is 0 Å². The zero-order chi connectivity index (χ0) is 25.0. The molecule has 34 heavy (non-hydrogen) atoms. The molecular formula is C25H35N5O3S. The number of carbonyl (C=O) groups is 1. The van der Waals surface area contributed by atoms with Crippen LogP contribution in [0.5, 0.6) is 0 Å². The van der Waals surface area contributed by atoms with E-state index in [9.17, 15) is 13.2 Å². The molecule has 1 aromatic heterocycles. The molecule has 2 aromatic carbocycles. The molecule has 8 nitrogen and oxygen atoms in total. The second-order valence-electron chi connectivity index (χ2n) is 9.10. The molecule has 0 fully saturated rings. The van der Waals surface area contributed by atoms with Crippen molar-refractivity contribution in [1.29, 1.82) is 0 Å². The van der Waals surface area contributed by atoms with Crippen LogP contribution in [0.15, 0.2) is 41.3 Å². The van der Waals surface area contributed by atoms with Crippen molar-refractivity contribution in [1.82, 2.24) is 19.2 Å². The minimum absolute atomic E-state index is 0.0726. The van der Waals surface area contributed by atoms with E-state index in [1.807, 2.05) is 31.2 Å². The first-order chi connectivity index (χ1) is 16.0. The summed E-state index contributed by atoms with van der Waals surface area (Å²) in [5.41, 5.74) is 4.09. The van der Waals surface area contributed by atoms with Crippen molar-refractivity contribution in [2.45, 2.75) is 52.1 Å². The van der Waals surface area contributed by atoms with E-state index in [0.717, 1.165) is 35.6 Å². The third-order valence-corrected chi connectivity index (χ3v) is 7.43.